The molecule has 0 spiro atoms. The summed E-state index contributed by atoms with van der Waals surface area (Å²) in [5, 5.41) is 0. The van der Waals surface area contributed by atoms with E-state index in [1.54, 1.807) is 22.3 Å². The quantitative estimate of drug-likeness (QED) is 0.569. The SMILES string of the molecule is CCC(=O)[O][Ti+2][CH]1CCCC2=C1CC1=C2CCCC1.[Cl-].[Cl-]. The van der Waals surface area contributed by atoms with Gasteiger partial charge in [-0.2, -0.15) is 0 Å². The maximum atomic E-state index is 11.4. The molecule has 21 heavy (non-hydrogen) atoms. The molecule has 0 aliphatic heterocycles. The van der Waals surface area contributed by atoms with Crippen LogP contribution in [-0.2, 0) is 27.7 Å². The Kier molecular flexibility index (Phi) is 8.05. The van der Waals surface area contributed by atoms with Crippen LogP contribution in [0.4, 0.5) is 0 Å². The largest absolute Gasteiger partial charge is 1.00 e. The standard InChI is InChI=1S/C13H17.C3H6O2.2ClH.Ti/c1-3-7-12-10(5-1)9-11-6-2-4-8-13(11)12;1-2-3(4)5;;;/h5H,1-4,6-9H2;2H2,1H3,(H,4,5);2*1H;/q;;;;+3/p-3. The van der Waals surface area contributed by atoms with Crippen LogP contribution in [0.15, 0.2) is 22.3 Å². The molecule has 2 nitrogen and oxygen atoms in total. The smallest absolute Gasteiger partial charge is 1.00 e. The number of halogens is 2. The number of carbonyl (C=O) groups excluding carboxylic acids is 1. The fourth-order valence-electron chi connectivity index (χ4n) is 3.70. The van der Waals surface area contributed by atoms with Crippen molar-refractivity contribution >= 4 is 5.97 Å². The van der Waals surface area contributed by atoms with Gasteiger partial charge in [-0.05, 0) is 0 Å². The van der Waals surface area contributed by atoms with Gasteiger partial charge in [-0.15, -0.1) is 0 Å². The van der Waals surface area contributed by atoms with Gasteiger partial charge in [0, 0.05) is 0 Å². The summed E-state index contributed by atoms with van der Waals surface area (Å²) in [7, 11) is 0. The number of carbonyl (C=O) groups is 1. The average Bonchev–Trinajstić information content (AvgIpc) is 2.84. The van der Waals surface area contributed by atoms with Crippen LogP contribution in [0.25, 0.3) is 0 Å². The zero-order chi connectivity index (χ0) is 13.2. The van der Waals surface area contributed by atoms with E-state index in [-0.39, 0.29) is 30.8 Å². The summed E-state index contributed by atoms with van der Waals surface area (Å²) in [4.78, 5) is 11.4. The molecule has 3 aliphatic rings. The van der Waals surface area contributed by atoms with Crippen molar-refractivity contribution in [3.05, 3.63) is 22.3 Å². The van der Waals surface area contributed by atoms with Gasteiger partial charge >= 0.3 is 125 Å². The van der Waals surface area contributed by atoms with Crippen LogP contribution in [-0.4, -0.2) is 5.97 Å². The fraction of sp³-hybridized carbons (Fsp3) is 0.688. The van der Waals surface area contributed by atoms with Crippen molar-refractivity contribution in [1.29, 1.82) is 0 Å². The molecule has 0 aromatic carbocycles. The van der Waals surface area contributed by atoms with Crippen molar-refractivity contribution in [3.8, 4) is 0 Å². The van der Waals surface area contributed by atoms with Crippen molar-refractivity contribution in [3.63, 3.8) is 0 Å². The van der Waals surface area contributed by atoms with E-state index in [1.165, 1.54) is 51.4 Å². The molecular formula is C16H22Cl2O2Ti. The molecule has 0 saturated carbocycles. The van der Waals surface area contributed by atoms with E-state index in [9.17, 15) is 4.79 Å². The second-order valence-electron chi connectivity index (χ2n) is 5.86. The summed E-state index contributed by atoms with van der Waals surface area (Å²) in [6, 6.07) is 0. The van der Waals surface area contributed by atoms with Gasteiger partial charge in [0.15, 0.2) is 0 Å². The molecule has 3 aliphatic carbocycles. The third-order valence-electron chi connectivity index (χ3n) is 4.68. The first-order valence-corrected chi connectivity index (χ1v) is 9.22. The molecule has 1 atom stereocenters. The van der Waals surface area contributed by atoms with Gasteiger partial charge < -0.3 is 24.8 Å². The van der Waals surface area contributed by atoms with Gasteiger partial charge in [0.2, 0.25) is 0 Å². The minimum absolute atomic E-state index is 0. The Labute approximate surface area is 149 Å². The molecule has 3 rings (SSSR count). The average molecular weight is 365 g/mol. The van der Waals surface area contributed by atoms with Gasteiger partial charge in [-0.1, -0.05) is 0 Å². The van der Waals surface area contributed by atoms with Crippen LogP contribution in [0, 0.1) is 0 Å². The van der Waals surface area contributed by atoms with Crippen LogP contribution < -0.4 is 24.8 Å². The Balaban J connectivity index is 0.00000110. The van der Waals surface area contributed by atoms with E-state index in [0.717, 1.165) is 0 Å². The second-order valence-corrected chi connectivity index (χ2v) is 7.64. The number of hydrogen-bond donors (Lipinski definition) is 0. The maximum absolute atomic E-state index is 11.4. The number of rotatable bonds is 3. The molecule has 0 amide bonds. The van der Waals surface area contributed by atoms with Crippen molar-refractivity contribution in [1.82, 2.24) is 0 Å². The number of fused-ring (bicyclic) bond motifs is 1. The molecule has 1 unspecified atom stereocenters. The van der Waals surface area contributed by atoms with Crippen LogP contribution in [0.3, 0.4) is 0 Å². The Hall–Kier alpha value is 0.244. The number of hydrogen-bond acceptors (Lipinski definition) is 2. The predicted octanol–water partition coefficient (Wildman–Crippen LogP) is -1.51. The van der Waals surface area contributed by atoms with Crippen molar-refractivity contribution < 1.29 is 52.5 Å². The number of allylic oxidation sites excluding steroid dienone is 4. The summed E-state index contributed by atoms with van der Waals surface area (Å²) >= 11 is -0.584. The monoisotopic (exact) mass is 364 g/mol. The van der Waals surface area contributed by atoms with Crippen molar-refractivity contribution in [2.24, 2.45) is 0 Å². The molecule has 0 bridgehead atoms. The van der Waals surface area contributed by atoms with E-state index in [4.69, 9.17) is 3.32 Å². The van der Waals surface area contributed by atoms with E-state index >= 15 is 0 Å². The summed E-state index contributed by atoms with van der Waals surface area (Å²) < 4.78 is 6.16. The van der Waals surface area contributed by atoms with Gasteiger partial charge in [0.05, 0.1) is 0 Å². The van der Waals surface area contributed by atoms with Crippen LogP contribution >= 0.6 is 0 Å². The fourth-order valence-corrected chi connectivity index (χ4v) is 5.51. The molecule has 0 fully saturated rings. The van der Waals surface area contributed by atoms with Gasteiger partial charge in [-0.25, -0.2) is 0 Å². The van der Waals surface area contributed by atoms with Gasteiger partial charge in [0.1, 0.15) is 0 Å². The Morgan fingerprint density at radius 1 is 1.14 bits per heavy atom. The van der Waals surface area contributed by atoms with Crippen molar-refractivity contribution in [2.75, 3.05) is 0 Å². The molecule has 5 heteroatoms. The maximum Gasteiger partial charge on any atom is -1.00 e. The minimum Gasteiger partial charge on any atom is -1.00 e. The summed E-state index contributed by atoms with van der Waals surface area (Å²) in [6.07, 6.45) is 11.0. The zero-order valence-electron chi connectivity index (χ0n) is 12.5. The first-order valence-electron chi connectivity index (χ1n) is 7.68. The molecule has 0 heterocycles. The third kappa shape index (κ3) is 4.16. The minimum atomic E-state index is -0.584. The molecular weight excluding hydrogens is 343 g/mol. The molecule has 0 N–H and O–H groups in total. The van der Waals surface area contributed by atoms with Crippen LogP contribution in [0.1, 0.15) is 64.7 Å². The third-order valence-corrected chi connectivity index (χ3v) is 6.66. The van der Waals surface area contributed by atoms with Crippen LogP contribution in [0.5, 0.6) is 0 Å². The zero-order valence-corrected chi connectivity index (χ0v) is 15.6. The first kappa shape index (κ1) is 19.3. The summed E-state index contributed by atoms with van der Waals surface area (Å²) in [6.45, 7) is 1.88. The van der Waals surface area contributed by atoms with Crippen molar-refractivity contribution in [2.45, 2.75) is 68.9 Å². The van der Waals surface area contributed by atoms with Gasteiger partial charge in [0.25, 0.3) is 0 Å². The van der Waals surface area contributed by atoms with E-state index < -0.39 is 19.5 Å². The molecule has 0 saturated heterocycles. The summed E-state index contributed by atoms with van der Waals surface area (Å²) in [5.74, 6) is 0.00319. The normalized spacial score (nSPS) is 23.4. The van der Waals surface area contributed by atoms with Gasteiger partial charge in [-0.3, -0.25) is 0 Å². The Bertz CT molecular complexity index is 457. The predicted molar refractivity (Wildman–Crippen MR) is 71.1 cm³/mol. The molecule has 0 radical (unpaired) electrons. The van der Waals surface area contributed by atoms with E-state index in [1.807, 2.05) is 6.92 Å². The summed E-state index contributed by atoms with van der Waals surface area (Å²) in [5.41, 5.74) is 6.83. The second kappa shape index (κ2) is 8.77. The van der Waals surface area contributed by atoms with Crippen LogP contribution in [0.2, 0.25) is 4.22 Å². The molecule has 0 aromatic rings. The Morgan fingerprint density at radius 3 is 2.62 bits per heavy atom. The Morgan fingerprint density at radius 2 is 1.86 bits per heavy atom. The van der Waals surface area contributed by atoms with E-state index in [2.05, 4.69) is 0 Å². The topological polar surface area (TPSA) is 26.3 Å². The molecule has 0 aromatic heterocycles. The first-order chi connectivity index (χ1) is 9.29. The molecule has 116 valence electrons. The van der Waals surface area contributed by atoms with E-state index in [0.29, 0.717) is 10.6 Å².